The first-order valence-corrected chi connectivity index (χ1v) is 9.44. The number of fused-ring (bicyclic) bond motifs is 5. The van der Waals surface area contributed by atoms with Gasteiger partial charge in [0.1, 0.15) is 0 Å². The minimum Gasteiger partial charge on any atom is -0.197 e. The summed E-state index contributed by atoms with van der Waals surface area (Å²) in [5, 5.41) is 9.48. The maximum absolute atomic E-state index is 9.48. The lowest BCUT2D eigenvalue weighted by atomic mass is 9.78. The summed E-state index contributed by atoms with van der Waals surface area (Å²) < 4.78 is 0. The quantitative estimate of drug-likeness (QED) is 0.596. The molecule has 5 rings (SSSR count). The highest BCUT2D eigenvalue weighted by Crippen LogP contribution is 2.42. The zero-order valence-electron chi connectivity index (χ0n) is 15.0. The lowest BCUT2D eigenvalue weighted by Crippen LogP contribution is -2.09. The van der Waals surface area contributed by atoms with Crippen LogP contribution in [0.1, 0.15) is 35.6 Å². The maximum Gasteiger partial charge on any atom is 0.0911 e. The summed E-state index contributed by atoms with van der Waals surface area (Å²) in [6.07, 6.45) is 12.8. The Morgan fingerprint density at radius 3 is 2.38 bits per heavy atom. The Balaban J connectivity index is 1.67. The number of hydrogen-bond acceptors (Lipinski definition) is 1. The molecule has 0 aromatic heterocycles. The minimum absolute atomic E-state index is 0.509. The van der Waals surface area contributed by atoms with Crippen LogP contribution in [-0.4, -0.2) is 0 Å². The first-order chi connectivity index (χ1) is 12.7. The van der Waals surface area contributed by atoms with Crippen LogP contribution in [0.15, 0.2) is 66.3 Å². The number of rotatable bonds is 0. The molecule has 3 aliphatic carbocycles. The minimum atomic E-state index is -0.509. The van der Waals surface area contributed by atoms with E-state index < -0.39 is 5.41 Å². The second-order valence-corrected chi connectivity index (χ2v) is 7.82. The third-order valence-electron chi connectivity index (χ3n) is 6.07. The number of aryl methyl sites for hydroxylation is 3. The van der Waals surface area contributed by atoms with Crippen LogP contribution < -0.4 is 0 Å². The fraction of sp³-hybridized carbons (Fsp3) is 0.240. The Morgan fingerprint density at radius 2 is 1.50 bits per heavy atom. The van der Waals surface area contributed by atoms with Crippen LogP contribution in [0.3, 0.4) is 0 Å². The summed E-state index contributed by atoms with van der Waals surface area (Å²) in [4.78, 5) is 0. The predicted molar refractivity (Wildman–Crippen MR) is 107 cm³/mol. The van der Waals surface area contributed by atoms with Crippen molar-refractivity contribution in [1.82, 2.24) is 0 Å². The van der Waals surface area contributed by atoms with Gasteiger partial charge in [0.15, 0.2) is 0 Å². The van der Waals surface area contributed by atoms with Crippen molar-refractivity contribution >= 4 is 5.57 Å². The molecule has 0 saturated carbocycles. The van der Waals surface area contributed by atoms with E-state index in [0.717, 1.165) is 25.7 Å². The molecule has 0 heterocycles. The first-order valence-electron chi connectivity index (χ1n) is 9.44. The average Bonchev–Trinajstić information content (AvgIpc) is 2.86. The van der Waals surface area contributed by atoms with Gasteiger partial charge >= 0.3 is 0 Å². The molecule has 0 saturated heterocycles. The summed E-state index contributed by atoms with van der Waals surface area (Å²) in [6, 6.07) is 16.1. The van der Waals surface area contributed by atoms with Crippen LogP contribution in [-0.2, 0) is 19.3 Å². The van der Waals surface area contributed by atoms with E-state index in [1.807, 2.05) is 13.0 Å². The highest BCUT2D eigenvalue weighted by Gasteiger charge is 2.25. The van der Waals surface area contributed by atoms with Gasteiger partial charge in [-0.2, -0.15) is 5.26 Å². The van der Waals surface area contributed by atoms with E-state index in [1.54, 1.807) is 0 Å². The third-order valence-corrected chi connectivity index (χ3v) is 6.07. The molecule has 1 unspecified atom stereocenters. The third kappa shape index (κ3) is 2.30. The molecule has 0 spiro atoms. The van der Waals surface area contributed by atoms with Gasteiger partial charge in [-0.25, -0.2) is 0 Å². The molecule has 2 aromatic carbocycles. The normalized spacial score (nSPS) is 22.6. The summed E-state index contributed by atoms with van der Waals surface area (Å²) in [6.45, 7) is 1.98. The summed E-state index contributed by atoms with van der Waals surface area (Å²) in [7, 11) is 0. The molecule has 1 nitrogen and oxygen atoms in total. The lowest BCUT2D eigenvalue weighted by molar-refractivity contribution is 0.736. The van der Waals surface area contributed by atoms with Gasteiger partial charge in [-0.1, -0.05) is 60.7 Å². The van der Waals surface area contributed by atoms with E-state index in [9.17, 15) is 5.26 Å². The fourth-order valence-corrected chi connectivity index (χ4v) is 4.48. The molecule has 0 radical (unpaired) electrons. The van der Waals surface area contributed by atoms with E-state index in [-0.39, 0.29) is 0 Å². The van der Waals surface area contributed by atoms with Crippen molar-refractivity contribution in [2.24, 2.45) is 5.41 Å². The van der Waals surface area contributed by atoms with E-state index in [0.29, 0.717) is 0 Å². The zero-order valence-corrected chi connectivity index (χ0v) is 15.0. The average molecular weight is 335 g/mol. The van der Waals surface area contributed by atoms with Crippen LogP contribution in [0.25, 0.3) is 16.7 Å². The maximum atomic E-state index is 9.48. The number of hydrogen-bond donors (Lipinski definition) is 0. The SMILES string of the molecule is CC1(C#N)C=CC2=C(C=C1)c1cc3c(cc1CC2)-c1ccccc1CC3. The van der Waals surface area contributed by atoms with Crippen molar-refractivity contribution in [3.8, 4) is 17.2 Å². The number of nitriles is 1. The van der Waals surface area contributed by atoms with Crippen LogP contribution in [0.5, 0.6) is 0 Å². The van der Waals surface area contributed by atoms with Gasteiger partial charge in [0.2, 0.25) is 0 Å². The molecule has 126 valence electrons. The highest BCUT2D eigenvalue weighted by atomic mass is 14.3. The van der Waals surface area contributed by atoms with E-state index in [1.165, 1.54) is 44.5 Å². The highest BCUT2D eigenvalue weighted by molar-refractivity contribution is 5.86. The van der Waals surface area contributed by atoms with Crippen LogP contribution in [0.4, 0.5) is 0 Å². The largest absolute Gasteiger partial charge is 0.197 e. The molecule has 2 aromatic rings. The van der Waals surface area contributed by atoms with E-state index in [4.69, 9.17) is 0 Å². The molecule has 26 heavy (non-hydrogen) atoms. The molecular weight excluding hydrogens is 314 g/mol. The molecule has 1 heteroatoms. The molecule has 0 aliphatic heterocycles. The topological polar surface area (TPSA) is 23.8 Å². The van der Waals surface area contributed by atoms with Crippen molar-refractivity contribution in [3.05, 3.63) is 88.5 Å². The van der Waals surface area contributed by atoms with E-state index >= 15 is 0 Å². The standard InChI is InChI=1S/C25H21N/c1-25(16-26)12-10-18-7-9-20-14-23-19(15-24(20)22(18)11-13-25)8-6-17-4-2-3-5-21(17)23/h2-5,10-15H,6-9H2,1H3. The molecule has 1 atom stereocenters. The fourth-order valence-electron chi connectivity index (χ4n) is 4.48. The van der Waals surface area contributed by atoms with Crippen molar-refractivity contribution in [1.29, 1.82) is 5.26 Å². The summed E-state index contributed by atoms with van der Waals surface area (Å²) in [5.74, 6) is 0. The Morgan fingerprint density at radius 1 is 0.808 bits per heavy atom. The molecule has 3 aliphatic rings. The van der Waals surface area contributed by atoms with Crippen LogP contribution in [0.2, 0.25) is 0 Å². The summed E-state index contributed by atoms with van der Waals surface area (Å²) >= 11 is 0. The molecule has 0 amide bonds. The number of nitrogens with zero attached hydrogens (tertiary/aromatic N) is 1. The molecular formula is C25H21N. The van der Waals surface area contributed by atoms with Gasteiger partial charge < -0.3 is 0 Å². The van der Waals surface area contributed by atoms with Crippen LogP contribution >= 0.6 is 0 Å². The van der Waals surface area contributed by atoms with Crippen molar-refractivity contribution in [2.75, 3.05) is 0 Å². The van der Waals surface area contributed by atoms with Gasteiger partial charge in [-0.05, 0) is 77.1 Å². The smallest absolute Gasteiger partial charge is 0.0911 e. The Labute approximate surface area is 155 Å². The Bertz CT molecular complexity index is 1060. The zero-order chi connectivity index (χ0) is 17.7. The van der Waals surface area contributed by atoms with Gasteiger partial charge in [0.25, 0.3) is 0 Å². The van der Waals surface area contributed by atoms with Crippen molar-refractivity contribution in [3.63, 3.8) is 0 Å². The van der Waals surface area contributed by atoms with Gasteiger partial charge in [-0.15, -0.1) is 0 Å². The van der Waals surface area contributed by atoms with Gasteiger partial charge in [-0.3, -0.25) is 0 Å². The lowest BCUT2D eigenvalue weighted by Gasteiger charge is -2.26. The van der Waals surface area contributed by atoms with Crippen LogP contribution in [0, 0.1) is 16.7 Å². The van der Waals surface area contributed by atoms with Gasteiger partial charge in [0.05, 0.1) is 11.5 Å². The van der Waals surface area contributed by atoms with Crippen molar-refractivity contribution in [2.45, 2.75) is 32.6 Å². The molecule has 0 N–H and O–H groups in total. The van der Waals surface area contributed by atoms with E-state index in [2.05, 4.69) is 60.7 Å². The molecule has 0 fully saturated rings. The first kappa shape index (κ1) is 15.4. The van der Waals surface area contributed by atoms with Crippen molar-refractivity contribution < 1.29 is 0 Å². The Kier molecular flexibility index (Phi) is 3.31. The second-order valence-electron chi connectivity index (χ2n) is 7.82. The number of allylic oxidation sites excluding steroid dienone is 6. The monoisotopic (exact) mass is 335 g/mol. The van der Waals surface area contributed by atoms with Gasteiger partial charge in [0, 0.05) is 0 Å². The second kappa shape index (κ2) is 5.58. The predicted octanol–water partition coefficient (Wildman–Crippen LogP) is 5.81. The molecule has 0 bridgehead atoms. The Hall–Kier alpha value is -2.85. The number of benzene rings is 2. The summed E-state index contributed by atoms with van der Waals surface area (Å²) in [5.41, 5.74) is 10.7.